The van der Waals surface area contributed by atoms with Gasteiger partial charge in [0.25, 0.3) is 0 Å². The van der Waals surface area contributed by atoms with E-state index in [2.05, 4.69) is 25.7 Å². The van der Waals surface area contributed by atoms with Crippen LogP contribution < -0.4 is 0 Å². The Morgan fingerprint density at radius 2 is 2.14 bits per heavy atom. The monoisotopic (exact) mass is 199 g/mol. The second-order valence-electron chi connectivity index (χ2n) is 5.10. The highest BCUT2D eigenvalue weighted by molar-refractivity contribution is 5.51. The van der Waals surface area contributed by atoms with Crippen LogP contribution in [0.15, 0.2) is 0 Å². The molecule has 1 aliphatic rings. The fourth-order valence-electron chi connectivity index (χ4n) is 1.99. The first kappa shape index (κ1) is 11.7. The summed E-state index contributed by atoms with van der Waals surface area (Å²) in [5.74, 6) is 0. The number of hydrogen-bond donors (Lipinski definition) is 0. The Bertz CT molecular complexity index is 210. The first-order chi connectivity index (χ1) is 6.43. The van der Waals surface area contributed by atoms with E-state index >= 15 is 0 Å². The van der Waals surface area contributed by atoms with Crippen molar-refractivity contribution < 1.29 is 9.53 Å². The van der Waals surface area contributed by atoms with Gasteiger partial charge in [0.05, 0.1) is 5.60 Å². The van der Waals surface area contributed by atoms with Gasteiger partial charge in [0.1, 0.15) is 6.29 Å². The highest BCUT2D eigenvalue weighted by Crippen LogP contribution is 2.31. The van der Waals surface area contributed by atoms with Crippen molar-refractivity contribution in [2.24, 2.45) is 0 Å². The van der Waals surface area contributed by atoms with E-state index in [0.717, 1.165) is 25.8 Å². The molecule has 3 nitrogen and oxygen atoms in total. The van der Waals surface area contributed by atoms with Gasteiger partial charge in [0, 0.05) is 32.2 Å². The van der Waals surface area contributed by atoms with Gasteiger partial charge in [-0.05, 0) is 27.2 Å². The van der Waals surface area contributed by atoms with Crippen molar-refractivity contribution in [2.45, 2.75) is 44.8 Å². The van der Waals surface area contributed by atoms with Crippen LogP contribution in [0.4, 0.5) is 0 Å². The lowest BCUT2D eigenvalue weighted by molar-refractivity contribution is -0.113. The van der Waals surface area contributed by atoms with Crippen LogP contribution in [0.2, 0.25) is 0 Å². The molecule has 0 saturated carbocycles. The van der Waals surface area contributed by atoms with Gasteiger partial charge in [-0.3, -0.25) is 4.90 Å². The number of methoxy groups -OCH3 is 1. The Hall–Kier alpha value is -0.410. The zero-order valence-electron chi connectivity index (χ0n) is 9.67. The summed E-state index contributed by atoms with van der Waals surface area (Å²) in [5.41, 5.74) is -0.0573. The van der Waals surface area contributed by atoms with E-state index in [4.69, 9.17) is 4.74 Å². The minimum absolute atomic E-state index is 0.170. The maximum atomic E-state index is 10.6. The first-order valence-electron chi connectivity index (χ1n) is 5.17. The van der Waals surface area contributed by atoms with Gasteiger partial charge in [-0.1, -0.05) is 0 Å². The van der Waals surface area contributed by atoms with Crippen molar-refractivity contribution in [3.05, 3.63) is 0 Å². The fourth-order valence-corrected chi connectivity index (χ4v) is 1.99. The highest BCUT2D eigenvalue weighted by Gasteiger charge is 2.41. The molecule has 14 heavy (non-hydrogen) atoms. The summed E-state index contributed by atoms with van der Waals surface area (Å²) in [5, 5.41) is 0. The Kier molecular flexibility index (Phi) is 3.32. The van der Waals surface area contributed by atoms with Gasteiger partial charge in [-0.15, -0.1) is 0 Å². The van der Waals surface area contributed by atoms with E-state index in [0.29, 0.717) is 6.42 Å². The largest absolute Gasteiger partial charge is 0.376 e. The fraction of sp³-hybridized carbons (Fsp3) is 0.909. The molecule has 1 atom stereocenters. The zero-order chi connectivity index (χ0) is 10.8. The zero-order valence-corrected chi connectivity index (χ0v) is 9.67. The molecule has 0 amide bonds. The Morgan fingerprint density at radius 1 is 1.50 bits per heavy atom. The third-order valence-electron chi connectivity index (χ3n) is 3.15. The molecular formula is C11H21NO2. The summed E-state index contributed by atoms with van der Waals surface area (Å²) in [6, 6.07) is 0. The van der Waals surface area contributed by atoms with Crippen molar-refractivity contribution in [3.8, 4) is 0 Å². The van der Waals surface area contributed by atoms with E-state index in [1.807, 2.05) is 0 Å². The molecule has 1 heterocycles. The van der Waals surface area contributed by atoms with Crippen LogP contribution in [0.25, 0.3) is 0 Å². The van der Waals surface area contributed by atoms with Crippen molar-refractivity contribution in [1.82, 2.24) is 4.90 Å². The Morgan fingerprint density at radius 3 is 2.50 bits per heavy atom. The molecular weight excluding hydrogens is 178 g/mol. The Labute approximate surface area is 86.4 Å². The van der Waals surface area contributed by atoms with Gasteiger partial charge in [0.15, 0.2) is 0 Å². The summed E-state index contributed by atoms with van der Waals surface area (Å²) < 4.78 is 5.49. The quantitative estimate of drug-likeness (QED) is 0.645. The number of likely N-dealkylation sites (tertiary alicyclic amines) is 1. The van der Waals surface area contributed by atoms with Gasteiger partial charge < -0.3 is 9.53 Å². The maximum absolute atomic E-state index is 10.6. The third kappa shape index (κ3) is 2.34. The molecule has 1 saturated heterocycles. The summed E-state index contributed by atoms with van der Waals surface area (Å²) in [7, 11) is 1.70. The molecule has 3 heteroatoms. The van der Waals surface area contributed by atoms with Gasteiger partial charge in [-0.2, -0.15) is 0 Å². The average Bonchev–Trinajstić information content (AvgIpc) is 2.50. The lowest BCUT2D eigenvalue weighted by Gasteiger charge is -2.33. The SMILES string of the molecule is COC1(CC=O)CCN(C(C)(C)C)C1. The van der Waals surface area contributed by atoms with Crippen LogP contribution in [0.5, 0.6) is 0 Å². The molecule has 0 radical (unpaired) electrons. The second kappa shape index (κ2) is 3.99. The van der Waals surface area contributed by atoms with Crippen LogP contribution in [-0.4, -0.2) is 42.5 Å². The average molecular weight is 199 g/mol. The molecule has 82 valence electrons. The van der Waals surface area contributed by atoms with Crippen LogP contribution >= 0.6 is 0 Å². The Balaban J connectivity index is 2.65. The number of ether oxygens (including phenoxy) is 1. The molecule has 0 aromatic heterocycles. The van der Waals surface area contributed by atoms with E-state index in [1.54, 1.807) is 7.11 Å². The van der Waals surface area contributed by atoms with Crippen LogP contribution in [0.3, 0.4) is 0 Å². The smallest absolute Gasteiger partial charge is 0.122 e. The second-order valence-corrected chi connectivity index (χ2v) is 5.10. The number of carbonyl (C=O) groups excluding carboxylic acids is 1. The van der Waals surface area contributed by atoms with Crippen molar-refractivity contribution in [3.63, 3.8) is 0 Å². The van der Waals surface area contributed by atoms with Crippen LogP contribution in [0.1, 0.15) is 33.6 Å². The molecule has 0 bridgehead atoms. The van der Waals surface area contributed by atoms with E-state index in [9.17, 15) is 4.79 Å². The lowest BCUT2D eigenvalue weighted by Crippen LogP contribution is -2.43. The molecule has 0 aromatic carbocycles. The van der Waals surface area contributed by atoms with Crippen molar-refractivity contribution >= 4 is 6.29 Å². The van der Waals surface area contributed by atoms with Crippen LogP contribution in [-0.2, 0) is 9.53 Å². The molecule has 1 fully saturated rings. The van der Waals surface area contributed by atoms with E-state index in [1.165, 1.54) is 0 Å². The summed E-state index contributed by atoms with van der Waals surface area (Å²) >= 11 is 0. The molecule has 0 N–H and O–H groups in total. The van der Waals surface area contributed by atoms with E-state index < -0.39 is 0 Å². The topological polar surface area (TPSA) is 29.5 Å². The maximum Gasteiger partial charge on any atom is 0.122 e. The van der Waals surface area contributed by atoms with E-state index in [-0.39, 0.29) is 11.1 Å². The summed E-state index contributed by atoms with van der Waals surface area (Å²) in [6.07, 6.45) is 2.44. The normalized spacial score (nSPS) is 29.4. The van der Waals surface area contributed by atoms with Gasteiger partial charge in [-0.25, -0.2) is 0 Å². The minimum Gasteiger partial charge on any atom is -0.376 e. The number of nitrogens with zero attached hydrogens (tertiary/aromatic N) is 1. The number of rotatable bonds is 3. The van der Waals surface area contributed by atoms with Gasteiger partial charge >= 0.3 is 0 Å². The molecule has 0 spiro atoms. The minimum atomic E-state index is -0.227. The molecule has 1 aliphatic heterocycles. The van der Waals surface area contributed by atoms with Gasteiger partial charge in [0.2, 0.25) is 0 Å². The van der Waals surface area contributed by atoms with Crippen molar-refractivity contribution in [1.29, 1.82) is 0 Å². The summed E-state index contributed by atoms with van der Waals surface area (Å²) in [4.78, 5) is 13.0. The first-order valence-corrected chi connectivity index (χ1v) is 5.17. The van der Waals surface area contributed by atoms with Crippen LogP contribution in [0, 0.1) is 0 Å². The van der Waals surface area contributed by atoms with Crippen molar-refractivity contribution in [2.75, 3.05) is 20.2 Å². The molecule has 1 unspecified atom stereocenters. The predicted molar refractivity (Wildman–Crippen MR) is 56.4 cm³/mol. The number of hydrogen-bond acceptors (Lipinski definition) is 3. The third-order valence-corrected chi connectivity index (χ3v) is 3.15. The summed E-state index contributed by atoms with van der Waals surface area (Å²) in [6.45, 7) is 8.47. The molecule has 1 rings (SSSR count). The lowest BCUT2D eigenvalue weighted by atomic mass is 9.99. The highest BCUT2D eigenvalue weighted by atomic mass is 16.5. The predicted octanol–water partition coefficient (Wildman–Crippen LogP) is 1.46. The number of carbonyl (C=O) groups is 1. The molecule has 0 aliphatic carbocycles. The molecule has 0 aromatic rings. The number of aldehydes is 1. The standard InChI is InChI=1S/C11H21NO2/c1-10(2,3)12-7-5-11(9-12,14-4)6-8-13/h8H,5-7,9H2,1-4H3.